The Balaban J connectivity index is 4.29. The van der Waals surface area contributed by atoms with E-state index in [1.54, 1.807) is 33.8 Å². The molecule has 0 rings (SSSR count). The molecule has 0 aromatic heterocycles. The Labute approximate surface area is 79.2 Å². The molecule has 3 nitrogen and oxygen atoms in total. The topological polar surface area (TPSA) is 46.2 Å². The number of carbonyl (C=O) groups is 2. The Morgan fingerprint density at radius 1 is 1.38 bits per heavy atom. The number of amides is 1. The minimum absolute atomic E-state index is 0.168. The zero-order valence-corrected chi connectivity index (χ0v) is 8.68. The van der Waals surface area contributed by atoms with E-state index < -0.39 is 17.1 Å². The predicted octanol–water partition coefficient (Wildman–Crippen LogP) is 1.29. The number of carbonyl (C=O) groups excluding carboxylic acids is 2. The molecule has 0 aromatic carbocycles. The van der Waals surface area contributed by atoms with Crippen LogP contribution in [-0.2, 0) is 9.59 Å². The highest BCUT2D eigenvalue weighted by Crippen LogP contribution is 2.14. The van der Waals surface area contributed by atoms with Crippen LogP contribution in [0.25, 0.3) is 0 Å². The number of hydrogen-bond acceptors (Lipinski definition) is 2. The van der Waals surface area contributed by atoms with Gasteiger partial charge in [0.1, 0.15) is 0 Å². The lowest BCUT2D eigenvalue weighted by Crippen LogP contribution is -2.41. The molecule has 0 bridgehead atoms. The van der Waals surface area contributed by atoms with Crippen LogP contribution in [0.4, 0.5) is 0 Å². The number of Topliss-reactive ketones (excluding diaryl/α,β-unsaturated/α-hetero) is 1. The largest absolute Gasteiger partial charge is 0.344 e. The van der Waals surface area contributed by atoms with Crippen LogP contribution in [-0.4, -0.2) is 17.7 Å². The molecule has 0 saturated carbocycles. The highest BCUT2D eigenvalue weighted by molar-refractivity contribution is 6.37. The second kappa shape index (κ2) is 4.21. The monoisotopic (exact) mass is 183 g/mol. The third kappa shape index (κ3) is 3.87. The van der Waals surface area contributed by atoms with Gasteiger partial charge in [0.05, 0.1) is 0 Å². The standard InChI is InChI=1S/C10H17NO2/c1-6-7(2)11-9(13)8(12)10(3,4)5/h6-7H,1H2,2-5H3,(H,11,13). The Morgan fingerprint density at radius 3 is 2.15 bits per heavy atom. The summed E-state index contributed by atoms with van der Waals surface area (Å²) in [6, 6.07) is -0.168. The van der Waals surface area contributed by atoms with E-state index in [0.717, 1.165) is 0 Å². The van der Waals surface area contributed by atoms with Crippen LogP contribution in [0.2, 0.25) is 0 Å². The Hall–Kier alpha value is -1.12. The summed E-state index contributed by atoms with van der Waals surface area (Å²) in [6.45, 7) is 10.4. The fraction of sp³-hybridized carbons (Fsp3) is 0.600. The van der Waals surface area contributed by atoms with Gasteiger partial charge in [-0.3, -0.25) is 9.59 Å². The van der Waals surface area contributed by atoms with E-state index in [9.17, 15) is 9.59 Å². The summed E-state index contributed by atoms with van der Waals surface area (Å²) in [6.07, 6.45) is 1.58. The van der Waals surface area contributed by atoms with Crippen molar-refractivity contribution in [2.45, 2.75) is 33.7 Å². The number of ketones is 1. The van der Waals surface area contributed by atoms with Gasteiger partial charge in [0.25, 0.3) is 5.91 Å². The summed E-state index contributed by atoms with van der Waals surface area (Å²) in [4.78, 5) is 22.6. The molecule has 0 radical (unpaired) electrons. The van der Waals surface area contributed by atoms with Crippen LogP contribution in [0.15, 0.2) is 12.7 Å². The molecule has 0 heterocycles. The first-order chi connectivity index (χ1) is 5.79. The zero-order chi connectivity index (χ0) is 10.6. The van der Waals surface area contributed by atoms with Crippen molar-refractivity contribution in [3.05, 3.63) is 12.7 Å². The van der Waals surface area contributed by atoms with Crippen molar-refractivity contribution in [3.8, 4) is 0 Å². The highest BCUT2D eigenvalue weighted by Gasteiger charge is 2.28. The van der Waals surface area contributed by atoms with Crippen molar-refractivity contribution in [3.63, 3.8) is 0 Å². The van der Waals surface area contributed by atoms with Crippen LogP contribution in [0.1, 0.15) is 27.7 Å². The van der Waals surface area contributed by atoms with E-state index in [-0.39, 0.29) is 6.04 Å². The molecule has 0 aliphatic heterocycles. The lowest BCUT2D eigenvalue weighted by atomic mass is 9.90. The third-order valence-corrected chi connectivity index (χ3v) is 1.60. The third-order valence-electron chi connectivity index (χ3n) is 1.60. The lowest BCUT2D eigenvalue weighted by Gasteiger charge is -2.17. The Kier molecular flexibility index (Phi) is 3.85. The van der Waals surface area contributed by atoms with Crippen molar-refractivity contribution in [1.82, 2.24) is 5.32 Å². The van der Waals surface area contributed by atoms with Crippen molar-refractivity contribution >= 4 is 11.7 Å². The molecular weight excluding hydrogens is 166 g/mol. The van der Waals surface area contributed by atoms with E-state index in [2.05, 4.69) is 11.9 Å². The molecule has 0 aliphatic rings. The van der Waals surface area contributed by atoms with Gasteiger partial charge in [-0.05, 0) is 6.92 Å². The normalized spacial score (nSPS) is 13.2. The molecule has 0 spiro atoms. The van der Waals surface area contributed by atoms with Crippen molar-refractivity contribution in [2.24, 2.45) is 5.41 Å². The van der Waals surface area contributed by atoms with E-state index in [0.29, 0.717) is 0 Å². The van der Waals surface area contributed by atoms with Crippen LogP contribution in [0.5, 0.6) is 0 Å². The van der Waals surface area contributed by atoms with Crippen molar-refractivity contribution < 1.29 is 9.59 Å². The molecule has 74 valence electrons. The summed E-state index contributed by atoms with van der Waals surface area (Å²) in [7, 11) is 0. The van der Waals surface area contributed by atoms with Gasteiger partial charge in [0.2, 0.25) is 5.78 Å². The fourth-order valence-electron chi connectivity index (χ4n) is 0.672. The maximum Gasteiger partial charge on any atom is 0.288 e. The van der Waals surface area contributed by atoms with Gasteiger partial charge in [-0.2, -0.15) is 0 Å². The highest BCUT2D eigenvalue weighted by atomic mass is 16.2. The van der Waals surface area contributed by atoms with E-state index in [1.807, 2.05) is 0 Å². The molecule has 1 unspecified atom stereocenters. The van der Waals surface area contributed by atoms with Gasteiger partial charge in [-0.15, -0.1) is 6.58 Å². The van der Waals surface area contributed by atoms with Gasteiger partial charge in [0.15, 0.2) is 0 Å². The summed E-state index contributed by atoms with van der Waals surface area (Å²) < 4.78 is 0. The molecule has 0 aromatic rings. The summed E-state index contributed by atoms with van der Waals surface area (Å²) in [5.41, 5.74) is -0.620. The fourth-order valence-corrected chi connectivity index (χ4v) is 0.672. The Bertz CT molecular complexity index is 226. The molecule has 13 heavy (non-hydrogen) atoms. The smallest absolute Gasteiger partial charge is 0.288 e. The molecule has 0 aliphatic carbocycles. The maximum atomic E-state index is 11.4. The molecule has 1 atom stereocenters. The summed E-state index contributed by atoms with van der Waals surface area (Å²) >= 11 is 0. The number of rotatable bonds is 3. The molecule has 1 amide bonds. The first-order valence-electron chi connectivity index (χ1n) is 4.27. The van der Waals surface area contributed by atoms with Gasteiger partial charge < -0.3 is 5.32 Å². The molecule has 1 N–H and O–H groups in total. The van der Waals surface area contributed by atoms with Crippen LogP contribution in [0, 0.1) is 5.41 Å². The van der Waals surface area contributed by atoms with Gasteiger partial charge in [0, 0.05) is 11.5 Å². The van der Waals surface area contributed by atoms with E-state index in [1.165, 1.54) is 0 Å². The summed E-state index contributed by atoms with van der Waals surface area (Å²) in [5, 5.41) is 2.53. The van der Waals surface area contributed by atoms with Crippen LogP contribution < -0.4 is 5.32 Å². The average molecular weight is 183 g/mol. The average Bonchev–Trinajstić information content (AvgIpc) is 2.01. The molecule has 3 heteroatoms. The number of nitrogens with one attached hydrogen (secondary N) is 1. The Morgan fingerprint density at radius 2 is 1.85 bits per heavy atom. The second-order valence-electron chi connectivity index (χ2n) is 4.08. The summed E-state index contributed by atoms with van der Waals surface area (Å²) in [5.74, 6) is -0.943. The van der Waals surface area contributed by atoms with E-state index in [4.69, 9.17) is 0 Å². The second-order valence-corrected chi connectivity index (χ2v) is 4.08. The predicted molar refractivity (Wildman–Crippen MR) is 52.3 cm³/mol. The first-order valence-corrected chi connectivity index (χ1v) is 4.27. The minimum Gasteiger partial charge on any atom is -0.344 e. The van der Waals surface area contributed by atoms with Crippen LogP contribution >= 0.6 is 0 Å². The van der Waals surface area contributed by atoms with Crippen molar-refractivity contribution in [1.29, 1.82) is 0 Å². The van der Waals surface area contributed by atoms with E-state index >= 15 is 0 Å². The molecular formula is C10H17NO2. The molecule has 0 fully saturated rings. The van der Waals surface area contributed by atoms with Gasteiger partial charge in [-0.25, -0.2) is 0 Å². The van der Waals surface area contributed by atoms with Crippen LogP contribution in [0.3, 0.4) is 0 Å². The first kappa shape index (κ1) is 11.9. The number of hydrogen-bond donors (Lipinski definition) is 1. The quantitative estimate of drug-likeness (QED) is 0.529. The molecule has 0 saturated heterocycles. The van der Waals surface area contributed by atoms with Crippen molar-refractivity contribution in [2.75, 3.05) is 0 Å². The SMILES string of the molecule is C=CC(C)NC(=O)C(=O)C(C)(C)C. The van der Waals surface area contributed by atoms with Gasteiger partial charge in [-0.1, -0.05) is 26.8 Å². The lowest BCUT2D eigenvalue weighted by molar-refractivity contribution is -0.142. The van der Waals surface area contributed by atoms with Gasteiger partial charge >= 0.3 is 0 Å². The maximum absolute atomic E-state index is 11.4. The minimum atomic E-state index is -0.620. The zero-order valence-electron chi connectivity index (χ0n) is 8.68.